The molecule has 0 heterocycles. The number of hydrogen-bond donors (Lipinski definition) is 1. The average Bonchev–Trinajstić information content (AvgIpc) is 2.57. The van der Waals surface area contributed by atoms with Gasteiger partial charge in [0.25, 0.3) is 0 Å². The SMILES string of the molecule is CC[C@H](C(=O)Nc1cccc(SC)c1)N(c1cc(C)cc(C)c1)S(C)(=O)=O. The second kappa shape index (κ2) is 8.80. The van der Waals surface area contributed by atoms with Gasteiger partial charge >= 0.3 is 0 Å². The molecular formula is C20H26N2O3S2. The van der Waals surface area contributed by atoms with Crippen LogP contribution in [0.15, 0.2) is 47.4 Å². The fourth-order valence-electron chi connectivity index (χ4n) is 3.06. The van der Waals surface area contributed by atoms with E-state index in [1.807, 2.05) is 51.3 Å². The van der Waals surface area contributed by atoms with Gasteiger partial charge in [0.05, 0.1) is 11.9 Å². The molecule has 0 radical (unpaired) electrons. The van der Waals surface area contributed by atoms with Gasteiger partial charge in [-0.05, 0) is 68.0 Å². The third-order valence-corrected chi connectivity index (χ3v) is 6.03. The molecule has 0 bridgehead atoms. The largest absolute Gasteiger partial charge is 0.324 e. The number of sulfonamides is 1. The van der Waals surface area contributed by atoms with E-state index in [4.69, 9.17) is 0 Å². The molecule has 1 N–H and O–H groups in total. The lowest BCUT2D eigenvalue weighted by molar-refractivity contribution is -0.117. The van der Waals surface area contributed by atoms with Crippen molar-refractivity contribution in [1.29, 1.82) is 0 Å². The van der Waals surface area contributed by atoms with E-state index < -0.39 is 16.1 Å². The molecule has 0 aliphatic carbocycles. The van der Waals surface area contributed by atoms with E-state index >= 15 is 0 Å². The van der Waals surface area contributed by atoms with E-state index in [9.17, 15) is 13.2 Å². The number of amides is 1. The molecule has 0 saturated carbocycles. The molecule has 1 atom stereocenters. The van der Waals surface area contributed by atoms with Crippen LogP contribution in [0.2, 0.25) is 0 Å². The first-order valence-corrected chi connectivity index (χ1v) is 11.8. The summed E-state index contributed by atoms with van der Waals surface area (Å²) in [5, 5.41) is 2.86. The molecule has 146 valence electrons. The van der Waals surface area contributed by atoms with Crippen LogP contribution in [0.3, 0.4) is 0 Å². The number of rotatable bonds is 7. The van der Waals surface area contributed by atoms with Crippen molar-refractivity contribution in [3.8, 4) is 0 Å². The fourth-order valence-corrected chi connectivity index (χ4v) is 4.72. The number of thioether (sulfide) groups is 1. The Hall–Kier alpha value is -1.99. The van der Waals surface area contributed by atoms with Crippen LogP contribution in [0, 0.1) is 13.8 Å². The molecule has 0 spiro atoms. The predicted octanol–water partition coefficient (Wildman–Crippen LogP) is 4.21. The van der Waals surface area contributed by atoms with Gasteiger partial charge in [-0.2, -0.15) is 0 Å². The highest BCUT2D eigenvalue weighted by molar-refractivity contribution is 7.98. The molecule has 0 saturated heterocycles. The van der Waals surface area contributed by atoms with Gasteiger partial charge in [0.1, 0.15) is 6.04 Å². The highest BCUT2D eigenvalue weighted by atomic mass is 32.2. The summed E-state index contributed by atoms with van der Waals surface area (Å²) in [6.45, 7) is 5.63. The van der Waals surface area contributed by atoms with Crippen molar-refractivity contribution in [3.05, 3.63) is 53.6 Å². The lowest BCUT2D eigenvalue weighted by Crippen LogP contribution is -2.47. The van der Waals surface area contributed by atoms with E-state index in [0.29, 0.717) is 17.8 Å². The maximum Gasteiger partial charge on any atom is 0.248 e. The minimum absolute atomic E-state index is 0.347. The van der Waals surface area contributed by atoms with Crippen LogP contribution in [-0.2, 0) is 14.8 Å². The molecule has 2 rings (SSSR count). The first kappa shape index (κ1) is 21.3. The third kappa shape index (κ3) is 5.49. The maximum absolute atomic E-state index is 13.0. The number of carbonyl (C=O) groups excluding carboxylic acids is 1. The smallest absolute Gasteiger partial charge is 0.248 e. The van der Waals surface area contributed by atoms with Gasteiger partial charge in [-0.25, -0.2) is 8.42 Å². The number of aryl methyl sites for hydroxylation is 2. The molecule has 5 nitrogen and oxygen atoms in total. The van der Waals surface area contributed by atoms with Crippen LogP contribution >= 0.6 is 11.8 Å². The quantitative estimate of drug-likeness (QED) is 0.700. The van der Waals surface area contributed by atoms with Crippen LogP contribution in [0.5, 0.6) is 0 Å². The van der Waals surface area contributed by atoms with Crippen LogP contribution in [0.1, 0.15) is 24.5 Å². The average molecular weight is 407 g/mol. The molecule has 0 aliphatic heterocycles. The zero-order valence-corrected chi connectivity index (χ0v) is 17.9. The molecule has 2 aromatic carbocycles. The Bertz CT molecular complexity index is 906. The van der Waals surface area contributed by atoms with Crippen molar-refractivity contribution < 1.29 is 13.2 Å². The Morgan fingerprint density at radius 3 is 2.30 bits per heavy atom. The highest BCUT2D eigenvalue weighted by Gasteiger charge is 2.31. The Kier molecular flexibility index (Phi) is 6.95. The lowest BCUT2D eigenvalue weighted by Gasteiger charge is -2.30. The summed E-state index contributed by atoms with van der Waals surface area (Å²) in [4.78, 5) is 14.0. The monoisotopic (exact) mass is 406 g/mol. The standard InChI is InChI=1S/C20H26N2O3S2/c1-6-19(20(23)21-16-8-7-9-18(13-16)26-4)22(27(5,24)25)17-11-14(2)10-15(3)12-17/h7-13,19H,6H2,1-5H3,(H,21,23)/t19-/m1/s1. The van der Waals surface area contributed by atoms with E-state index in [-0.39, 0.29) is 5.91 Å². The van der Waals surface area contributed by atoms with E-state index in [1.165, 1.54) is 4.31 Å². The minimum atomic E-state index is -3.64. The zero-order valence-electron chi connectivity index (χ0n) is 16.3. The van der Waals surface area contributed by atoms with Gasteiger partial charge in [-0.1, -0.05) is 19.1 Å². The zero-order chi connectivity index (χ0) is 20.2. The first-order valence-electron chi connectivity index (χ1n) is 8.68. The minimum Gasteiger partial charge on any atom is -0.324 e. The highest BCUT2D eigenvalue weighted by Crippen LogP contribution is 2.26. The summed E-state index contributed by atoms with van der Waals surface area (Å²) in [5.74, 6) is -0.347. The molecule has 0 aliphatic rings. The van der Waals surface area contributed by atoms with Crippen molar-refractivity contribution in [3.63, 3.8) is 0 Å². The molecule has 2 aromatic rings. The summed E-state index contributed by atoms with van der Waals surface area (Å²) < 4.78 is 26.3. The van der Waals surface area contributed by atoms with Gasteiger partial charge in [0, 0.05) is 10.6 Å². The van der Waals surface area contributed by atoms with Gasteiger partial charge in [-0.15, -0.1) is 11.8 Å². The van der Waals surface area contributed by atoms with E-state index in [1.54, 1.807) is 30.0 Å². The number of nitrogens with zero attached hydrogens (tertiary/aromatic N) is 1. The molecule has 7 heteroatoms. The molecule has 1 amide bonds. The van der Waals surface area contributed by atoms with Crippen LogP contribution in [-0.4, -0.2) is 32.9 Å². The van der Waals surface area contributed by atoms with Crippen LogP contribution in [0.25, 0.3) is 0 Å². The third-order valence-electron chi connectivity index (χ3n) is 4.13. The summed E-state index contributed by atoms with van der Waals surface area (Å²) >= 11 is 1.58. The van der Waals surface area contributed by atoms with Crippen molar-refractivity contribution in [2.24, 2.45) is 0 Å². The molecule has 0 unspecified atom stereocenters. The second-order valence-electron chi connectivity index (χ2n) is 6.55. The predicted molar refractivity (Wildman–Crippen MR) is 114 cm³/mol. The molecule has 0 fully saturated rings. The Morgan fingerprint density at radius 2 is 1.78 bits per heavy atom. The Morgan fingerprint density at radius 1 is 1.15 bits per heavy atom. The molecule has 0 aromatic heterocycles. The molecule has 27 heavy (non-hydrogen) atoms. The molecular weight excluding hydrogens is 380 g/mol. The maximum atomic E-state index is 13.0. The van der Waals surface area contributed by atoms with Crippen molar-refractivity contribution in [2.45, 2.75) is 38.1 Å². The van der Waals surface area contributed by atoms with E-state index in [2.05, 4.69) is 5.32 Å². The summed E-state index contributed by atoms with van der Waals surface area (Å²) in [5.41, 5.74) is 3.05. The van der Waals surface area contributed by atoms with Gasteiger partial charge in [-0.3, -0.25) is 9.10 Å². The number of nitrogens with one attached hydrogen (secondary N) is 1. The topological polar surface area (TPSA) is 66.5 Å². The number of anilines is 2. The first-order chi connectivity index (χ1) is 12.7. The number of carbonyl (C=O) groups is 1. The fraction of sp³-hybridized carbons (Fsp3) is 0.350. The summed E-state index contributed by atoms with van der Waals surface area (Å²) in [7, 11) is -3.64. The Balaban J connectivity index is 2.41. The van der Waals surface area contributed by atoms with Gasteiger partial charge in [0.2, 0.25) is 15.9 Å². The second-order valence-corrected chi connectivity index (χ2v) is 9.29. The van der Waals surface area contributed by atoms with Gasteiger partial charge in [0.15, 0.2) is 0 Å². The summed E-state index contributed by atoms with van der Waals surface area (Å²) in [6.07, 6.45) is 3.45. The van der Waals surface area contributed by atoms with Crippen molar-refractivity contribution >= 4 is 39.1 Å². The number of hydrogen-bond acceptors (Lipinski definition) is 4. The van der Waals surface area contributed by atoms with Crippen LogP contribution < -0.4 is 9.62 Å². The number of benzene rings is 2. The van der Waals surface area contributed by atoms with Gasteiger partial charge < -0.3 is 5.32 Å². The van der Waals surface area contributed by atoms with Crippen LogP contribution in [0.4, 0.5) is 11.4 Å². The summed E-state index contributed by atoms with van der Waals surface area (Å²) in [6, 6.07) is 12.2. The van der Waals surface area contributed by atoms with E-state index in [0.717, 1.165) is 22.3 Å². The van der Waals surface area contributed by atoms with Crippen molar-refractivity contribution in [2.75, 3.05) is 22.1 Å². The Labute approximate surface area is 166 Å². The lowest BCUT2D eigenvalue weighted by atomic mass is 10.1. The normalized spacial score (nSPS) is 12.5. The van der Waals surface area contributed by atoms with Crippen molar-refractivity contribution in [1.82, 2.24) is 0 Å².